The molecule has 0 nitrogen and oxygen atoms in total. The van der Waals surface area contributed by atoms with E-state index in [9.17, 15) is 0 Å². The number of fused-ring (bicyclic) bond motifs is 9. The average molecular weight is 475 g/mol. The molecule has 4 fully saturated rings. The van der Waals surface area contributed by atoms with Gasteiger partial charge in [-0.1, -0.05) is 73.4 Å². The monoisotopic (exact) mass is 474 g/mol. The van der Waals surface area contributed by atoms with Gasteiger partial charge in [0, 0.05) is 0 Å². The van der Waals surface area contributed by atoms with Gasteiger partial charge in [0.2, 0.25) is 0 Å². The zero-order valence-corrected chi connectivity index (χ0v) is 24.4. The fourth-order valence-corrected chi connectivity index (χ4v) is 12.7. The SMILES string of the molecule is CCCc1ccc(C)c2c1CC1(C)C2CCC2(C)C1CCC1C3(C)CCCC(C)(C)C3CCC12C. The number of hydrogen-bond acceptors (Lipinski definition) is 0. The molecule has 194 valence electrons. The first-order chi connectivity index (χ1) is 16.4. The lowest BCUT2D eigenvalue weighted by Crippen LogP contribution is -2.65. The molecule has 0 saturated heterocycles. The van der Waals surface area contributed by atoms with Crippen LogP contribution in [0.25, 0.3) is 0 Å². The first-order valence-corrected chi connectivity index (χ1v) is 15.5. The van der Waals surface area contributed by atoms with Crippen LogP contribution in [0.3, 0.4) is 0 Å². The van der Waals surface area contributed by atoms with Crippen molar-refractivity contribution in [3.63, 3.8) is 0 Å². The van der Waals surface area contributed by atoms with Gasteiger partial charge in [0.25, 0.3) is 0 Å². The third-order valence-electron chi connectivity index (χ3n) is 14.3. The number of aryl methyl sites for hydroxylation is 2. The molecule has 0 amide bonds. The molecule has 0 N–H and O–H groups in total. The minimum absolute atomic E-state index is 0.460. The summed E-state index contributed by atoms with van der Waals surface area (Å²) in [4.78, 5) is 0. The van der Waals surface area contributed by atoms with Crippen molar-refractivity contribution in [1.29, 1.82) is 0 Å². The quantitative estimate of drug-likeness (QED) is 0.400. The number of rotatable bonds is 2. The van der Waals surface area contributed by atoms with E-state index < -0.39 is 0 Å². The Hall–Kier alpha value is -0.780. The van der Waals surface area contributed by atoms with Gasteiger partial charge >= 0.3 is 0 Å². The Balaban J connectivity index is 1.40. The van der Waals surface area contributed by atoms with Crippen LogP contribution in [0.15, 0.2) is 12.1 Å². The normalized spacial score (nSPS) is 47.8. The second-order valence-electron chi connectivity index (χ2n) is 15.9. The minimum atomic E-state index is 0.460. The van der Waals surface area contributed by atoms with Crippen molar-refractivity contribution < 1.29 is 0 Å². The maximum absolute atomic E-state index is 2.81. The highest BCUT2D eigenvalue weighted by Gasteiger charge is 2.70. The Morgan fingerprint density at radius 3 is 2.09 bits per heavy atom. The molecule has 0 aliphatic heterocycles. The van der Waals surface area contributed by atoms with E-state index in [1.54, 1.807) is 22.3 Å². The summed E-state index contributed by atoms with van der Waals surface area (Å²) in [5.74, 6) is 3.54. The molecule has 0 radical (unpaired) electrons. The standard InChI is InChI=1S/C35H54/c1-9-11-24-13-12-23(2)30-25(24)22-33(6)26(30)16-20-34(7)29(33)15-14-28-32(5)19-10-18-31(3,4)27(32)17-21-35(28,34)8/h12-13,26-29H,9-11,14-22H2,1-8H3. The van der Waals surface area contributed by atoms with Crippen molar-refractivity contribution in [2.45, 2.75) is 138 Å². The number of benzene rings is 1. The third-order valence-corrected chi connectivity index (χ3v) is 14.3. The highest BCUT2D eigenvalue weighted by atomic mass is 14.7. The molecule has 35 heavy (non-hydrogen) atoms. The van der Waals surface area contributed by atoms with Crippen LogP contribution in [0.2, 0.25) is 0 Å². The summed E-state index contributed by atoms with van der Waals surface area (Å²) < 4.78 is 0. The van der Waals surface area contributed by atoms with Crippen molar-refractivity contribution in [3.05, 3.63) is 34.4 Å². The number of hydrogen-bond donors (Lipinski definition) is 0. The van der Waals surface area contributed by atoms with Crippen molar-refractivity contribution in [2.75, 3.05) is 0 Å². The first kappa shape index (κ1) is 24.6. The Labute approximate surface area is 217 Å². The van der Waals surface area contributed by atoms with Gasteiger partial charge in [-0.15, -0.1) is 0 Å². The average Bonchev–Trinajstić information content (AvgIpc) is 3.09. The smallest absolute Gasteiger partial charge is 0.00963 e. The summed E-state index contributed by atoms with van der Waals surface area (Å²) in [6.07, 6.45) is 17.2. The van der Waals surface area contributed by atoms with Crippen LogP contribution in [0.5, 0.6) is 0 Å². The van der Waals surface area contributed by atoms with Crippen molar-refractivity contribution in [3.8, 4) is 0 Å². The second-order valence-corrected chi connectivity index (χ2v) is 15.9. The third kappa shape index (κ3) is 2.98. The van der Waals surface area contributed by atoms with Gasteiger partial charge in [-0.05, 0) is 144 Å². The van der Waals surface area contributed by atoms with E-state index in [1.807, 2.05) is 0 Å². The van der Waals surface area contributed by atoms with Crippen molar-refractivity contribution in [2.24, 2.45) is 44.8 Å². The Morgan fingerprint density at radius 1 is 0.743 bits per heavy atom. The second kappa shape index (κ2) is 7.63. The fourth-order valence-electron chi connectivity index (χ4n) is 12.7. The lowest BCUT2D eigenvalue weighted by molar-refractivity contribution is -0.235. The van der Waals surface area contributed by atoms with Crippen LogP contribution in [0.4, 0.5) is 0 Å². The maximum Gasteiger partial charge on any atom is -0.00963 e. The molecule has 6 rings (SSSR count). The summed E-state index contributed by atoms with van der Waals surface area (Å²) in [5.41, 5.74) is 9.44. The summed E-state index contributed by atoms with van der Waals surface area (Å²) in [6, 6.07) is 4.96. The van der Waals surface area contributed by atoms with Gasteiger partial charge in [0.05, 0.1) is 0 Å². The Bertz CT molecular complexity index is 1020. The molecule has 0 heteroatoms. The molecule has 8 unspecified atom stereocenters. The molecule has 0 heterocycles. The van der Waals surface area contributed by atoms with Gasteiger partial charge in [-0.25, -0.2) is 0 Å². The zero-order valence-electron chi connectivity index (χ0n) is 24.4. The Morgan fingerprint density at radius 2 is 1.40 bits per heavy atom. The molecule has 4 saturated carbocycles. The first-order valence-electron chi connectivity index (χ1n) is 15.5. The molecule has 5 aliphatic carbocycles. The Kier molecular flexibility index (Phi) is 5.35. The van der Waals surface area contributed by atoms with Gasteiger partial charge < -0.3 is 0 Å². The van der Waals surface area contributed by atoms with Gasteiger partial charge in [-0.3, -0.25) is 0 Å². The summed E-state index contributed by atoms with van der Waals surface area (Å²) in [5, 5.41) is 0. The van der Waals surface area contributed by atoms with Gasteiger partial charge in [-0.2, -0.15) is 0 Å². The molecule has 0 spiro atoms. The summed E-state index contributed by atoms with van der Waals surface area (Å²) in [6.45, 7) is 21.2. The molecule has 0 aromatic heterocycles. The lowest BCUT2D eigenvalue weighted by Gasteiger charge is -2.73. The molecule has 8 atom stereocenters. The van der Waals surface area contributed by atoms with E-state index in [4.69, 9.17) is 0 Å². The predicted molar refractivity (Wildman–Crippen MR) is 150 cm³/mol. The van der Waals surface area contributed by atoms with Gasteiger partial charge in [0.1, 0.15) is 0 Å². The van der Waals surface area contributed by atoms with E-state index >= 15 is 0 Å². The van der Waals surface area contributed by atoms with Crippen LogP contribution in [0, 0.1) is 51.8 Å². The lowest BCUT2D eigenvalue weighted by atomic mass is 9.32. The van der Waals surface area contributed by atoms with E-state index in [-0.39, 0.29) is 0 Å². The largest absolute Gasteiger partial charge is 0.0651 e. The molecule has 0 bridgehead atoms. The highest BCUT2D eigenvalue weighted by Crippen LogP contribution is 2.78. The van der Waals surface area contributed by atoms with E-state index in [0.717, 1.165) is 23.7 Å². The van der Waals surface area contributed by atoms with Crippen molar-refractivity contribution >= 4 is 0 Å². The van der Waals surface area contributed by atoms with Crippen LogP contribution < -0.4 is 0 Å². The minimum Gasteiger partial charge on any atom is -0.0651 e. The molecule has 5 aliphatic rings. The molecular weight excluding hydrogens is 420 g/mol. The maximum atomic E-state index is 2.81. The molecular formula is C35H54. The van der Waals surface area contributed by atoms with E-state index in [1.165, 1.54) is 77.0 Å². The molecule has 1 aromatic rings. The fraction of sp³-hybridized carbons (Fsp3) is 0.829. The predicted octanol–water partition coefficient (Wildman–Crippen LogP) is 10.1. The van der Waals surface area contributed by atoms with Crippen molar-refractivity contribution in [1.82, 2.24) is 0 Å². The van der Waals surface area contributed by atoms with E-state index in [0.29, 0.717) is 27.1 Å². The molecule has 1 aromatic carbocycles. The zero-order chi connectivity index (χ0) is 25.0. The van der Waals surface area contributed by atoms with E-state index in [2.05, 4.69) is 67.5 Å². The topological polar surface area (TPSA) is 0 Å². The van der Waals surface area contributed by atoms with Gasteiger partial charge in [0.15, 0.2) is 0 Å². The van der Waals surface area contributed by atoms with Crippen LogP contribution >= 0.6 is 0 Å². The summed E-state index contributed by atoms with van der Waals surface area (Å²) >= 11 is 0. The van der Waals surface area contributed by atoms with Crippen LogP contribution in [0.1, 0.15) is 141 Å². The summed E-state index contributed by atoms with van der Waals surface area (Å²) in [7, 11) is 0. The highest BCUT2D eigenvalue weighted by molar-refractivity contribution is 5.49. The van der Waals surface area contributed by atoms with Crippen LogP contribution in [-0.2, 0) is 12.8 Å². The van der Waals surface area contributed by atoms with Crippen LogP contribution in [-0.4, -0.2) is 0 Å².